The van der Waals surface area contributed by atoms with E-state index >= 15 is 0 Å². The molecule has 0 aromatic heterocycles. The molecule has 0 unspecified atom stereocenters. The second-order valence-corrected chi connectivity index (χ2v) is 1.36. The summed E-state index contributed by atoms with van der Waals surface area (Å²) in [5.41, 5.74) is 0. The maximum absolute atomic E-state index is 9.08. The topological polar surface area (TPSA) is 41.5 Å². The van der Waals surface area contributed by atoms with Crippen LogP contribution in [0, 0.1) is 11.2 Å². The Balaban J connectivity index is 0. The van der Waals surface area contributed by atoms with Gasteiger partial charge in [-0.25, -0.2) is 0 Å². The summed E-state index contributed by atoms with van der Waals surface area (Å²) in [4.78, 5) is 0. The zero-order valence-electron chi connectivity index (χ0n) is 5.34. The van der Waals surface area contributed by atoms with Gasteiger partial charge in [-0.05, 0) is 5.25 Å². The van der Waals surface area contributed by atoms with Crippen LogP contribution < -0.4 is 34.8 Å². The van der Waals surface area contributed by atoms with Gasteiger partial charge in [0.05, 0.1) is 0 Å². The van der Waals surface area contributed by atoms with E-state index in [2.05, 4.69) is 20.5 Å². The van der Waals surface area contributed by atoms with Gasteiger partial charge >= 0.3 is 29.6 Å². The molecule has 0 rings (SSSR count). The van der Waals surface area contributed by atoms with Crippen LogP contribution in [0.15, 0.2) is 0 Å². The third kappa shape index (κ3) is 12.1. The van der Waals surface area contributed by atoms with Crippen molar-refractivity contribution in [1.29, 1.82) is 0 Å². The molecule has 0 atom stereocenters. The van der Waals surface area contributed by atoms with Gasteiger partial charge in [0.2, 0.25) is 0 Å². The summed E-state index contributed by atoms with van der Waals surface area (Å²) in [6.45, 7) is 1.89. The summed E-state index contributed by atoms with van der Waals surface area (Å²) >= 11 is 0.682. The van der Waals surface area contributed by atoms with Gasteiger partial charge in [0, 0.05) is 6.42 Å². The monoisotopic (exact) mass is 156 g/mol. The van der Waals surface area contributed by atoms with Gasteiger partial charge in [0.25, 0.3) is 0 Å². The van der Waals surface area contributed by atoms with Crippen LogP contribution in [0.1, 0.15) is 13.3 Å². The summed E-state index contributed by atoms with van der Waals surface area (Å²) in [6, 6.07) is 0. The summed E-state index contributed by atoms with van der Waals surface area (Å²) < 4.78 is 3.82. The quantitative estimate of drug-likeness (QED) is 0.108. The van der Waals surface area contributed by atoms with Crippen LogP contribution in [0.4, 0.5) is 0 Å². The Morgan fingerprint density at radius 3 is 2.78 bits per heavy atom. The Bertz CT molecular complexity index is 97.7. The maximum Gasteiger partial charge on any atom is 1.00 e. The number of hydrogen-bond acceptors (Lipinski definition) is 4. The minimum atomic E-state index is 0. The Morgan fingerprint density at radius 1 is 1.67 bits per heavy atom. The first-order valence-electron chi connectivity index (χ1n) is 2.01. The van der Waals surface area contributed by atoms with E-state index in [1.54, 1.807) is 0 Å². The van der Waals surface area contributed by atoms with E-state index in [-0.39, 0.29) is 29.6 Å². The van der Waals surface area contributed by atoms with Gasteiger partial charge in [-0.2, -0.15) is 4.33 Å². The molecule has 0 amide bonds. The molecule has 0 saturated heterocycles. The standard InChI is InChI=1S/C4H6O3S.Na/c1-2-3-4-8-7-6-5;/h5H,2H2,1H3;/q;+1/p-1. The van der Waals surface area contributed by atoms with Crippen molar-refractivity contribution in [2.75, 3.05) is 0 Å². The van der Waals surface area contributed by atoms with Crippen molar-refractivity contribution in [3.8, 4) is 11.2 Å². The molecule has 0 aliphatic rings. The second-order valence-electron chi connectivity index (χ2n) is 0.852. The molecule has 0 aliphatic heterocycles. The molecule has 0 spiro atoms. The average Bonchev–Trinajstić information content (AvgIpc) is 1.81. The van der Waals surface area contributed by atoms with Gasteiger partial charge < -0.3 is 5.26 Å². The van der Waals surface area contributed by atoms with Gasteiger partial charge in [0.1, 0.15) is 12.0 Å². The van der Waals surface area contributed by atoms with Gasteiger partial charge in [-0.15, -0.1) is 0 Å². The van der Waals surface area contributed by atoms with Crippen LogP contribution in [-0.4, -0.2) is 0 Å². The first kappa shape index (κ1) is 12.5. The van der Waals surface area contributed by atoms with Crippen LogP contribution in [0.3, 0.4) is 0 Å². The van der Waals surface area contributed by atoms with Crippen LogP contribution in [-0.2, 0) is 9.37 Å². The third-order valence-electron chi connectivity index (χ3n) is 0.352. The molecule has 0 saturated carbocycles. The van der Waals surface area contributed by atoms with E-state index in [9.17, 15) is 0 Å². The molecule has 0 heterocycles. The molecule has 5 heteroatoms. The van der Waals surface area contributed by atoms with Crippen LogP contribution in [0.2, 0.25) is 0 Å². The largest absolute Gasteiger partial charge is 1.00 e. The van der Waals surface area contributed by atoms with Crippen molar-refractivity contribution < 1.29 is 44.2 Å². The summed E-state index contributed by atoms with van der Waals surface area (Å²) in [7, 11) is 0. The minimum Gasteiger partial charge on any atom is -0.691 e. The molecule has 0 fully saturated rings. The van der Waals surface area contributed by atoms with E-state index in [0.717, 1.165) is 6.42 Å². The van der Waals surface area contributed by atoms with E-state index in [1.807, 2.05) is 6.92 Å². The van der Waals surface area contributed by atoms with E-state index < -0.39 is 0 Å². The molecule has 0 N–H and O–H groups in total. The van der Waals surface area contributed by atoms with Crippen molar-refractivity contribution in [2.45, 2.75) is 13.3 Å². The number of rotatable bonds is 2. The molecule has 0 aromatic carbocycles. The molecule has 9 heavy (non-hydrogen) atoms. The van der Waals surface area contributed by atoms with Gasteiger partial charge in [-0.3, -0.25) is 5.04 Å². The van der Waals surface area contributed by atoms with Gasteiger partial charge in [0.15, 0.2) is 0 Å². The van der Waals surface area contributed by atoms with Crippen LogP contribution >= 0.6 is 12.0 Å². The first-order valence-corrected chi connectivity index (χ1v) is 2.76. The Kier molecular flexibility index (Phi) is 16.0. The predicted molar refractivity (Wildman–Crippen MR) is 27.8 cm³/mol. The predicted octanol–water partition coefficient (Wildman–Crippen LogP) is -2.77. The second kappa shape index (κ2) is 11.6. The van der Waals surface area contributed by atoms with Crippen LogP contribution in [0.5, 0.6) is 0 Å². The Hall–Kier alpha value is 0.790. The first-order chi connectivity index (χ1) is 3.91. The van der Waals surface area contributed by atoms with E-state index in [1.165, 1.54) is 0 Å². The minimum absolute atomic E-state index is 0. The molecule has 46 valence electrons. The number of hydrogen-bond donors (Lipinski definition) is 0. The molecule has 3 nitrogen and oxygen atoms in total. The molecule has 0 aromatic rings. The van der Waals surface area contributed by atoms with Crippen molar-refractivity contribution in [1.82, 2.24) is 0 Å². The normalized spacial score (nSPS) is 6.89. The molecule has 0 aliphatic carbocycles. The smallest absolute Gasteiger partial charge is 0.691 e. The summed E-state index contributed by atoms with van der Waals surface area (Å²) in [5, 5.41) is 14.5. The molecule has 0 bridgehead atoms. The fraction of sp³-hybridized carbons (Fsp3) is 0.500. The van der Waals surface area contributed by atoms with Crippen molar-refractivity contribution >= 4 is 12.0 Å². The fourth-order valence-electron chi connectivity index (χ4n) is 0.133. The SMILES string of the molecule is CCC#CSOO[O-].[Na+]. The van der Waals surface area contributed by atoms with E-state index in [0.29, 0.717) is 12.0 Å². The molecular formula is C4H5NaO3S. The maximum atomic E-state index is 9.08. The molecule has 0 radical (unpaired) electrons. The van der Waals surface area contributed by atoms with Gasteiger partial charge in [-0.1, -0.05) is 12.8 Å². The zero-order valence-corrected chi connectivity index (χ0v) is 8.16. The van der Waals surface area contributed by atoms with Crippen molar-refractivity contribution in [2.24, 2.45) is 0 Å². The van der Waals surface area contributed by atoms with Crippen molar-refractivity contribution in [3.05, 3.63) is 0 Å². The van der Waals surface area contributed by atoms with Crippen LogP contribution in [0.25, 0.3) is 0 Å². The third-order valence-corrected chi connectivity index (χ3v) is 0.704. The summed E-state index contributed by atoms with van der Waals surface area (Å²) in [6.07, 6.45) is 0.745. The fourth-order valence-corrected chi connectivity index (χ4v) is 0.398. The Morgan fingerprint density at radius 2 is 2.33 bits per heavy atom. The zero-order chi connectivity index (χ0) is 6.24. The average molecular weight is 156 g/mol. The Labute approximate surface area is 80.5 Å². The van der Waals surface area contributed by atoms with Crippen molar-refractivity contribution in [3.63, 3.8) is 0 Å². The molecular weight excluding hydrogens is 151 g/mol. The summed E-state index contributed by atoms with van der Waals surface area (Å²) in [5.74, 6) is 2.65. The van der Waals surface area contributed by atoms with E-state index in [4.69, 9.17) is 5.26 Å².